The van der Waals surface area contributed by atoms with Crippen molar-refractivity contribution in [3.8, 4) is 5.75 Å². The molecule has 3 nitrogen and oxygen atoms in total. The molecule has 0 unspecified atom stereocenters. The molecule has 19 heavy (non-hydrogen) atoms. The van der Waals surface area contributed by atoms with Crippen molar-refractivity contribution in [2.24, 2.45) is 5.92 Å². The molecule has 0 aliphatic carbocycles. The van der Waals surface area contributed by atoms with Crippen LogP contribution in [0.4, 0.5) is 0 Å². The molecule has 1 rings (SSSR count). The molecule has 0 radical (unpaired) electrons. The SMILES string of the molecule is COc1cc(Cl)ccc1CNCCCNCC(C)C. The smallest absolute Gasteiger partial charge is 0.124 e. The first-order valence-corrected chi connectivity index (χ1v) is 7.25. The van der Waals surface area contributed by atoms with Gasteiger partial charge >= 0.3 is 0 Å². The van der Waals surface area contributed by atoms with Crippen LogP contribution < -0.4 is 15.4 Å². The Morgan fingerprint density at radius 3 is 2.63 bits per heavy atom. The van der Waals surface area contributed by atoms with Crippen LogP contribution in [0, 0.1) is 5.92 Å². The highest BCUT2D eigenvalue weighted by atomic mass is 35.5. The van der Waals surface area contributed by atoms with Gasteiger partial charge in [-0.1, -0.05) is 31.5 Å². The second-order valence-corrected chi connectivity index (χ2v) is 5.52. The summed E-state index contributed by atoms with van der Waals surface area (Å²) >= 11 is 5.93. The molecule has 0 aliphatic rings. The topological polar surface area (TPSA) is 33.3 Å². The van der Waals surface area contributed by atoms with Crippen molar-refractivity contribution in [1.29, 1.82) is 0 Å². The molecule has 0 bridgehead atoms. The Morgan fingerprint density at radius 2 is 1.95 bits per heavy atom. The zero-order valence-electron chi connectivity index (χ0n) is 12.1. The van der Waals surface area contributed by atoms with E-state index in [0.29, 0.717) is 10.9 Å². The highest BCUT2D eigenvalue weighted by Crippen LogP contribution is 2.22. The van der Waals surface area contributed by atoms with Gasteiger partial charge in [-0.2, -0.15) is 0 Å². The van der Waals surface area contributed by atoms with E-state index in [1.165, 1.54) is 0 Å². The van der Waals surface area contributed by atoms with Gasteiger partial charge in [0.25, 0.3) is 0 Å². The quantitative estimate of drug-likeness (QED) is 0.684. The van der Waals surface area contributed by atoms with Gasteiger partial charge in [0.15, 0.2) is 0 Å². The maximum atomic E-state index is 5.93. The highest BCUT2D eigenvalue weighted by Gasteiger charge is 2.03. The molecule has 0 atom stereocenters. The number of ether oxygens (including phenoxy) is 1. The molecular formula is C15H25ClN2O. The fourth-order valence-electron chi connectivity index (χ4n) is 1.82. The van der Waals surface area contributed by atoms with E-state index >= 15 is 0 Å². The van der Waals surface area contributed by atoms with Gasteiger partial charge < -0.3 is 15.4 Å². The Morgan fingerprint density at radius 1 is 1.21 bits per heavy atom. The van der Waals surface area contributed by atoms with E-state index < -0.39 is 0 Å². The molecule has 2 N–H and O–H groups in total. The van der Waals surface area contributed by atoms with E-state index in [1.54, 1.807) is 7.11 Å². The molecule has 0 saturated heterocycles. The van der Waals surface area contributed by atoms with Crippen LogP contribution in [0.1, 0.15) is 25.8 Å². The largest absolute Gasteiger partial charge is 0.496 e. The minimum Gasteiger partial charge on any atom is -0.496 e. The van der Waals surface area contributed by atoms with E-state index in [4.69, 9.17) is 16.3 Å². The lowest BCUT2D eigenvalue weighted by atomic mass is 10.2. The number of rotatable bonds is 9. The fraction of sp³-hybridized carbons (Fsp3) is 0.600. The number of nitrogens with one attached hydrogen (secondary N) is 2. The van der Waals surface area contributed by atoms with Gasteiger partial charge in [-0.05, 0) is 44.1 Å². The summed E-state index contributed by atoms with van der Waals surface area (Å²) in [6, 6.07) is 5.75. The van der Waals surface area contributed by atoms with Gasteiger partial charge in [0.2, 0.25) is 0 Å². The van der Waals surface area contributed by atoms with Crippen LogP contribution in [0.15, 0.2) is 18.2 Å². The van der Waals surface area contributed by atoms with Gasteiger partial charge in [0, 0.05) is 17.1 Å². The van der Waals surface area contributed by atoms with Gasteiger partial charge in [0.05, 0.1) is 7.11 Å². The molecule has 1 aromatic rings. The summed E-state index contributed by atoms with van der Waals surface area (Å²) in [7, 11) is 1.67. The summed E-state index contributed by atoms with van der Waals surface area (Å²) in [5.74, 6) is 1.56. The van der Waals surface area contributed by atoms with Crippen LogP contribution in [0.3, 0.4) is 0 Å². The first-order valence-electron chi connectivity index (χ1n) is 6.87. The molecule has 0 aliphatic heterocycles. The Kier molecular flexibility index (Phi) is 7.87. The van der Waals surface area contributed by atoms with Crippen molar-refractivity contribution >= 4 is 11.6 Å². The first-order chi connectivity index (χ1) is 9.13. The zero-order chi connectivity index (χ0) is 14.1. The van der Waals surface area contributed by atoms with Crippen LogP contribution in [0.2, 0.25) is 5.02 Å². The summed E-state index contributed by atoms with van der Waals surface area (Å²) in [6.07, 6.45) is 1.13. The normalized spacial score (nSPS) is 11.0. The third-order valence-electron chi connectivity index (χ3n) is 2.82. The molecule has 0 aromatic heterocycles. The predicted molar refractivity (Wildman–Crippen MR) is 82.0 cm³/mol. The molecular weight excluding hydrogens is 260 g/mol. The Bertz CT molecular complexity index is 369. The lowest BCUT2D eigenvalue weighted by molar-refractivity contribution is 0.407. The number of hydrogen-bond donors (Lipinski definition) is 2. The molecule has 0 fully saturated rings. The summed E-state index contributed by atoms with van der Waals surface area (Å²) < 4.78 is 5.31. The highest BCUT2D eigenvalue weighted by molar-refractivity contribution is 6.30. The zero-order valence-corrected chi connectivity index (χ0v) is 12.9. The molecule has 0 saturated carbocycles. The number of benzene rings is 1. The van der Waals surface area contributed by atoms with Crippen molar-refractivity contribution in [3.63, 3.8) is 0 Å². The van der Waals surface area contributed by atoms with Crippen molar-refractivity contribution in [1.82, 2.24) is 10.6 Å². The van der Waals surface area contributed by atoms with E-state index in [0.717, 1.165) is 43.9 Å². The number of halogens is 1. The van der Waals surface area contributed by atoms with Crippen molar-refractivity contribution < 1.29 is 4.74 Å². The summed E-state index contributed by atoms with van der Waals surface area (Å²) in [5.41, 5.74) is 1.14. The minimum atomic E-state index is 0.707. The molecule has 4 heteroatoms. The van der Waals surface area contributed by atoms with Crippen LogP contribution in [-0.2, 0) is 6.54 Å². The van der Waals surface area contributed by atoms with Crippen LogP contribution >= 0.6 is 11.6 Å². The van der Waals surface area contributed by atoms with Crippen LogP contribution in [-0.4, -0.2) is 26.7 Å². The monoisotopic (exact) mass is 284 g/mol. The molecule has 1 aromatic carbocycles. The molecule has 0 heterocycles. The average molecular weight is 285 g/mol. The third kappa shape index (κ3) is 6.81. The van der Waals surface area contributed by atoms with Crippen LogP contribution in [0.25, 0.3) is 0 Å². The maximum Gasteiger partial charge on any atom is 0.124 e. The number of methoxy groups -OCH3 is 1. The summed E-state index contributed by atoms with van der Waals surface area (Å²) in [4.78, 5) is 0. The van der Waals surface area contributed by atoms with E-state index in [-0.39, 0.29) is 0 Å². The lowest BCUT2D eigenvalue weighted by Crippen LogP contribution is -2.24. The van der Waals surface area contributed by atoms with Gasteiger partial charge in [-0.3, -0.25) is 0 Å². The summed E-state index contributed by atoms with van der Waals surface area (Å²) in [6.45, 7) is 8.39. The van der Waals surface area contributed by atoms with Gasteiger partial charge in [-0.15, -0.1) is 0 Å². The second kappa shape index (κ2) is 9.18. The van der Waals surface area contributed by atoms with Gasteiger partial charge in [-0.25, -0.2) is 0 Å². The molecule has 108 valence electrons. The maximum absolute atomic E-state index is 5.93. The van der Waals surface area contributed by atoms with Crippen molar-refractivity contribution in [3.05, 3.63) is 28.8 Å². The molecule has 0 spiro atoms. The lowest BCUT2D eigenvalue weighted by Gasteiger charge is -2.11. The Labute approximate surface area is 121 Å². The predicted octanol–water partition coefficient (Wildman–Crippen LogP) is 3.07. The average Bonchev–Trinajstić information content (AvgIpc) is 2.38. The third-order valence-corrected chi connectivity index (χ3v) is 3.06. The summed E-state index contributed by atoms with van der Waals surface area (Å²) in [5, 5.41) is 7.56. The first kappa shape index (κ1) is 16.3. The Balaban J connectivity index is 2.19. The standard InChI is InChI=1S/C15H25ClN2O/c1-12(2)10-17-7-4-8-18-11-13-5-6-14(16)9-15(13)19-3/h5-6,9,12,17-18H,4,7-8,10-11H2,1-3H3. The van der Waals surface area contributed by atoms with Gasteiger partial charge in [0.1, 0.15) is 5.75 Å². The van der Waals surface area contributed by atoms with Crippen LogP contribution in [0.5, 0.6) is 5.75 Å². The van der Waals surface area contributed by atoms with E-state index in [1.807, 2.05) is 18.2 Å². The van der Waals surface area contributed by atoms with E-state index in [9.17, 15) is 0 Å². The van der Waals surface area contributed by atoms with Crippen molar-refractivity contribution in [2.45, 2.75) is 26.8 Å². The Hall–Kier alpha value is -0.770. The number of hydrogen-bond acceptors (Lipinski definition) is 3. The fourth-order valence-corrected chi connectivity index (χ4v) is 1.98. The second-order valence-electron chi connectivity index (χ2n) is 5.08. The van der Waals surface area contributed by atoms with Crippen molar-refractivity contribution in [2.75, 3.05) is 26.7 Å². The molecule has 0 amide bonds. The minimum absolute atomic E-state index is 0.707. The van der Waals surface area contributed by atoms with E-state index in [2.05, 4.69) is 24.5 Å².